The molecule has 4 rings (SSSR count). The van der Waals surface area contributed by atoms with Gasteiger partial charge in [0.05, 0.1) is 17.6 Å². The second-order valence-electron chi connectivity index (χ2n) is 9.06. The van der Waals surface area contributed by atoms with Gasteiger partial charge in [0.1, 0.15) is 5.54 Å². The molecule has 0 saturated carbocycles. The van der Waals surface area contributed by atoms with Crippen LogP contribution in [0.4, 0.5) is 0 Å². The minimum atomic E-state index is -1.02. The van der Waals surface area contributed by atoms with Crippen LogP contribution < -0.4 is 5.32 Å². The molecule has 6 nitrogen and oxygen atoms in total. The molecule has 0 spiro atoms. The topological polar surface area (TPSA) is 67.2 Å². The smallest absolute Gasteiger partial charge is 0.290 e. The van der Waals surface area contributed by atoms with Gasteiger partial charge in [0.15, 0.2) is 5.82 Å². The quantitative estimate of drug-likeness (QED) is 0.580. The average Bonchev–Trinajstić information content (AvgIpc) is 3.13. The Balaban J connectivity index is 1.67. The van der Waals surface area contributed by atoms with Crippen molar-refractivity contribution in [3.8, 4) is 0 Å². The van der Waals surface area contributed by atoms with Gasteiger partial charge in [0, 0.05) is 18.1 Å². The third-order valence-electron chi connectivity index (χ3n) is 6.19. The Kier molecular flexibility index (Phi) is 6.24. The molecule has 1 aliphatic rings. The van der Waals surface area contributed by atoms with E-state index in [2.05, 4.69) is 24.1 Å². The SMILES string of the molecule is CC(C)CCNC(=O)[C@@]1(C)Cn2c(nc3ccccc32)C(=O)N1CCc1ccc(Cl)cc1. The summed E-state index contributed by atoms with van der Waals surface area (Å²) in [7, 11) is 0. The van der Waals surface area contributed by atoms with Crippen molar-refractivity contribution in [2.75, 3.05) is 13.1 Å². The Labute approximate surface area is 193 Å². The fourth-order valence-corrected chi connectivity index (χ4v) is 4.36. The number of aromatic nitrogens is 2. The van der Waals surface area contributed by atoms with Crippen LogP contribution in [0, 0.1) is 5.92 Å². The number of fused-ring (bicyclic) bond motifs is 3. The van der Waals surface area contributed by atoms with Gasteiger partial charge in [-0.3, -0.25) is 9.59 Å². The van der Waals surface area contributed by atoms with Crippen LogP contribution in [-0.4, -0.2) is 44.9 Å². The van der Waals surface area contributed by atoms with Crippen molar-refractivity contribution in [1.82, 2.24) is 19.8 Å². The van der Waals surface area contributed by atoms with Crippen LogP contribution in [0.3, 0.4) is 0 Å². The molecule has 7 heteroatoms. The number of nitrogens with one attached hydrogen (secondary N) is 1. The van der Waals surface area contributed by atoms with E-state index in [-0.39, 0.29) is 11.8 Å². The second-order valence-corrected chi connectivity index (χ2v) is 9.49. The van der Waals surface area contributed by atoms with Crippen LogP contribution in [0.1, 0.15) is 43.4 Å². The van der Waals surface area contributed by atoms with Gasteiger partial charge in [0.2, 0.25) is 5.91 Å². The summed E-state index contributed by atoms with van der Waals surface area (Å²) in [6, 6.07) is 15.2. The minimum absolute atomic E-state index is 0.133. The molecule has 3 aromatic rings. The molecule has 168 valence electrons. The molecule has 0 aliphatic carbocycles. The Bertz CT molecular complexity index is 1140. The van der Waals surface area contributed by atoms with Crippen LogP contribution in [0.2, 0.25) is 5.02 Å². The van der Waals surface area contributed by atoms with Gasteiger partial charge in [-0.05, 0) is 55.5 Å². The number of hydrogen-bond donors (Lipinski definition) is 1. The molecule has 1 aliphatic heterocycles. The number of imidazole rings is 1. The zero-order chi connectivity index (χ0) is 22.9. The van der Waals surface area contributed by atoms with E-state index in [1.165, 1.54) is 0 Å². The number of carbonyl (C=O) groups is 2. The molecule has 0 radical (unpaired) electrons. The van der Waals surface area contributed by atoms with Crippen molar-refractivity contribution >= 4 is 34.4 Å². The molecule has 0 fully saturated rings. The molecule has 2 aromatic carbocycles. The molecule has 2 amide bonds. The van der Waals surface area contributed by atoms with Crippen LogP contribution in [0.15, 0.2) is 48.5 Å². The van der Waals surface area contributed by atoms with Crippen LogP contribution in [0.25, 0.3) is 11.0 Å². The maximum atomic E-state index is 13.6. The normalized spacial score (nSPS) is 18.3. The fraction of sp³-hybridized carbons (Fsp3) is 0.400. The number of rotatable bonds is 7. The summed E-state index contributed by atoms with van der Waals surface area (Å²) in [5.74, 6) is 0.519. The first-order chi connectivity index (χ1) is 15.3. The van der Waals surface area contributed by atoms with Crippen molar-refractivity contribution in [2.45, 2.75) is 45.7 Å². The highest BCUT2D eigenvalue weighted by Crippen LogP contribution is 2.31. The van der Waals surface area contributed by atoms with Crippen LogP contribution >= 0.6 is 11.6 Å². The largest absolute Gasteiger partial charge is 0.354 e. The van der Waals surface area contributed by atoms with Crippen molar-refractivity contribution in [3.63, 3.8) is 0 Å². The van der Waals surface area contributed by atoms with Gasteiger partial charge >= 0.3 is 0 Å². The van der Waals surface area contributed by atoms with Gasteiger partial charge in [-0.25, -0.2) is 4.98 Å². The second kappa shape index (κ2) is 8.94. The van der Waals surface area contributed by atoms with E-state index in [9.17, 15) is 9.59 Å². The van der Waals surface area contributed by atoms with Gasteiger partial charge < -0.3 is 14.8 Å². The molecule has 1 atom stereocenters. The summed E-state index contributed by atoms with van der Waals surface area (Å²) in [6.07, 6.45) is 1.51. The molecule has 0 unspecified atom stereocenters. The van der Waals surface area contributed by atoms with E-state index in [0.29, 0.717) is 42.8 Å². The van der Waals surface area contributed by atoms with Crippen molar-refractivity contribution in [2.24, 2.45) is 5.92 Å². The van der Waals surface area contributed by atoms with Gasteiger partial charge in [-0.15, -0.1) is 0 Å². The molecule has 2 heterocycles. The first-order valence-corrected chi connectivity index (χ1v) is 11.5. The molecule has 0 saturated heterocycles. The minimum Gasteiger partial charge on any atom is -0.354 e. The van der Waals surface area contributed by atoms with Gasteiger partial charge in [-0.2, -0.15) is 0 Å². The number of nitrogens with zero attached hydrogens (tertiary/aromatic N) is 3. The summed E-state index contributed by atoms with van der Waals surface area (Å²) < 4.78 is 1.89. The zero-order valence-corrected chi connectivity index (χ0v) is 19.5. The lowest BCUT2D eigenvalue weighted by atomic mass is 9.94. The first kappa shape index (κ1) is 22.3. The number of carbonyl (C=O) groups excluding carboxylic acids is 2. The monoisotopic (exact) mass is 452 g/mol. The van der Waals surface area contributed by atoms with Crippen LogP contribution in [0.5, 0.6) is 0 Å². The number of hydrogen-bond acceptors (Lipinski definition) is 3. The third-order valence-corrected chi connectivity index (χ3v) is 6.44. The summed E-state index contributed by atoms with van der Waals surface area (Å²) in [4.78, 5) is 33.3. The zero-order valence-electron chi connectivity index (χ0n) is 18.8. The lowest BCUT2D eigenvalue weighted by Crippen LogP contribution is -2.64. The Hall–Kier alpha value is -2.86. The molecule has 32 heavy (non-hydrogen) atoms. The van der Waals surface area contributed by atoms with Gasteiger partial charge in [0.25, 0.3) is 5.91 Å². The fourth-order valence-electron chi connectivity index (χ4n) is 4.24. The summed E-state index contributed by atoms with van der Waals surface area (Å²) >= 11 is 6.01. The third kappa shape index (κ3) is 4.24. The summed E-state index contributed by atoms with van der Waals surface area (Å²) in [5.41, 5.74) is 1.67. The predicted molar refractivity (Wildman–Crippen MR) is 127 cm³/mol. The molecular weight excluding hydrogens is 424 g/mol. The molecule has 1 aromatic heterocycles. The predicted octanol–water partition coefficient (Wildman–Crippen LogP) is 4.31. The van der Waals surface area contributed by atoms with E-state index < -0.39 is 5.54 Å². The lowest BCUT2D eigenvalue weighted by molar-refractivity contribution is -0.132. The highest BCUT2D eigenvalue weighted by Gasteiger charge is 2.48. The Morgan fingerprint density at radius 1 is 1.19 bits per heavy atom. The Morgan fingerprint density at radius 3 is 2.62 bits per heavy atom. The maximum absolute atomic E-state index is 13.6. The molecule has 0 bridgehead atoms. The standard InChI is InChI=1S/C25H29ClN4O2/c1-17(2)12-14-27-24(32)25(3)16-29-21-7-5-4-6-20(21)28-22(29)23(31)30(25)15-13-18-8-10-19(26)11-9-18/h4-11,17H,12-16H2,1-3H3,(H,27,32)/t25-/m1/s1. The number of para-hydroxylation sites is 2. The van der Waals surface area contributed by atoms with E-state index in [1.807, 2.05) is 60.0 Å². The maximum Gasteiger partial charge on any atom is 0.290 e. The van der Waals surface area contributed by atoms with E-state index in [1.54, 1.807) is 4.90 Å². The summed E-state index contributed by atoms with van der Waals surface area (Å²) in [6.45, 7) is 7.47. The van der Waals surface area contributed by atoms with E-state index in [0.717, 1.165) is 23.0 Å². The molecule has 1 N–H and O–H groups in total. The van der Waals surface area contributed by atoms with E-state index in [4.69, 9.17) is 11.6 Å². The highest BCUT2D eigenvalue weighted by atomic mass is 35.5. The first-order valence-electron chi connectivity index (χ1n) is 11.1. The Morgan fingerprint density at radius 2 is 1.91 bits per heavy atom. The summed E-state index contributed by atoms with van der Waals surface area (Å²) in [5, 5.41) is 3.74. The molecular formula is C25H29ClN4O2. The van der Waals surface area contributed by atoms with Crippen LogP contribution in [-0.2, 0) is 17.8 Å². The highest BCUT2D eigenvalue weighted by molar-refractivity contribution is 6.30. The van der Waals surface area contributed by atoms with Crippen molar-refractivity contribution in [1.29, 1.82) is 0 Å². The van der Waals surface area contributed by atoms with Crippen molar-refractivity contribution < 1.29 is 9.59 Å². The average molecular weight is 453 g/mol. The van der Waals surface area contributed by atoms with E-state index >= 15 is 0 Å². The number of amides is 2. The number of halogens is 1. The van der Waals surface area contributed by atoms with Crippen molar-refractivity contribution in [3.05, 3.63) is 64.9 Å². The number of benzene rings is 2. The lowest BCUT2D eigenvalue weighted by Gasteiger charge is -2.43. The van der Waals surface area contributed by atoms with Gasteiger partial charge in [-0.1, -0.05) is 49.7 Å².